The first kappa shape index (κ1) is 13.0. The molecule has 1 aromatic rings. The average molecular weight is 242 g/mol. The number of nitrogens with zero attached hydrogens (tertiary/aromatic N) is 2. The Kier molecular flexibility index (Phi) is 4.10. The lowest BCUT2D eigenvalue weighted by molar-refractivity contribution is 0.0774. The van der Waals surface area contributed by atoms with E-state index in [1.807, 2.05) is 0 Å². The molecule has 0 radical (unpaired) electrons. The molecule has 0 aromatic heterocycles. The summed E-state index contributed by atoms with van der Waals surface area (Å²) in [6.07, 6.45) is 0. The summed E-state index contributed by atoms with van der Waals surface area (Å²) in [4.78, 5) is 12.6. The van der Waals surface area contributed by atoms with Gasteiger partial charge in [0.25, 0.3) is 5.91 Å². The number of amides is 1. The van der Waals surface area contributed by atoms with Crippen molar-refractivity contribution in [3.8, 4) is 6.07 Å². The zero-order valence-electron chi connectivity index (χ0n) is 9.01. The molecule has 0 saturated carbocycles. The molecular weight excluding hydrogens is 233 g/mol. The Labute approximate surface area is 96.1 Å². The molecule has 3 nitrogen and oxygen atoms in total. The molecule has 1 amide bonds. The zero-order chi connectivity index (χ0) is 13.0. The number of nitriles is 1. The Morgan fingerprint density at radius 3 is 2.29 bits per heavy atom. The van der Waals surface area contributed by atoms with E-state index in [1.54, 1.807) is 13.0 Å². The van der Waals surface area contributed by atoms with Crippen LogP contribution in [0, 0.1) is 28.8 Å². The summed E-state index contributed by atoms with van der Waals surface area (Å²) >= 11 is 0. The summed E-state index contributed by atoms with van der Waals surface area (Å²) in [6, 6.07) is 2.56. The van der Waals surface area contributed by atoms with E-state index in [9.17, 15) is 18.0 Å². The summed E-state index contributed by atoms with van der Waals surface area (Å²) in [5, 5.41) is 8.45. The highest BCUT2D eigenvalue weighted by atomic mass is 19.1. The second kappa shape index (κ2) is 5.34. The maximum absolute atomic E-state index is 13.3. The maximum atomic E-state index is 13.3. The molecule has 17 heavy (non-hydrogen) atoms. The van der Waals surface area contributed by atoms with E-state index in [4.69, 9.17) is 5.26 Å². The third kappa shape index (κ3) is 2.75. The van der Waals surface area contributed by atoms with Crippen molar-refractivity contribution in [3.63, 3.8) is 0 Å². The van der Waals surface area contributed by atoms with Gasteiger partial charge in [-0.05, 0) is 6.92 Å². The lowest BCUT2D eigenvalue weighted by Crippen LogP contribution is -2.32. The largest absolute Gasteiger partial charge is 0.325 e. The van der Waals surface area contributed by atoms with Crippen LogP contribution in [-0.2, 0) is 0 Å². The Bertz CT molecular complexity index is 459. The number of hydrogen-bond acceptors (Lipinski definition) is 2. The topological polar surface area (TPSA) is 44.1 Å². The van der Waals surface area contributed by atoms with Crippen LogP contribution in [-0.4, -0.2) is 23.9 Å². The molecule has 0 saturated heterocycles. The Morgan fingerprint density at radius 2 is 1.88 bits per heavy atom. The van der Waals surface area contributed by atoms with Crippen molar-refractivity contribution >= 4 is 5.91 Å². The normalized spacial score (nSPS) is 9.82. The molecule has 0 heterocycles. The number of benzene rings is 1. The van der Waals surface area contributed by atoms with E-state index >= 15 is 0 Å². The van der Waals surface area contributed by atoms with Crippen molar-refractivity contribution < 1.29 is 18.0 Å². The number of carbonyl (C=O) groups excluding carboxylic acids is 1. The first-order chi connectivity index (χ1) is 8.01. The number of halogens is 3. The smallest absolute Gasteiger partial charge is 0.260 e. The predicted molar refractivity (Wildman–Crippen MR) is 53.5 cm³/mol. The minimum atomic E-state index is -1.27. The van der Waals surface area contributed by atoms with Gasteiger partial charge in [-0.2, -0.15) is 5.26 Å². The summed E-state index contributed by atoms with van der Waals surface area (Å²) in [5.41, 5.74) is -0.844. The van der Waals surface area contributed by atoms with Crippen molar-refractivity contribution in [3.05, 3.63) is 35.1 Å². The summed E-state index contributed by atoms with van der Waals surface area (Å²) in [7, 11) is 0. The predicted octanol–water partition coefficient (Wildman–Crippen LogP) is 2.09. The van der Waals surface area contributed by atoms with Gasteiger partial charge in [-0.3, -0.25) is 4.79 Å². The molecule has 0 atom stereocenters. The molecule has 0 bridgehead atoms. The molecule has 0 aliphatic carbocycles. The van der Waals surface area contributed by atoms with Crippen LogP contribution in [0.2, 0.25) is 0 Å². The SMILES string of the molecule is CCN(CC#N)C(=O)c1c(F)cc(F)cc1F. The maximum Gasteiger partial charge on any atom is 0.260 e. The quantitative estimate of drug-likeness (QED) is 0.762. The van der Waals surface area contributed by atoms with Crippen molar-refractivity contribution in [2.75, 3.05) is 13.1 Å². The number of rotatable bonds is 3. The molecular formula is C11H9F3N2O. The van der Waals surface area contributed by atoms with Crippen LogP contribution in [0.3, 0.4) is 0 Å². The van der Waals surface area contributed by atoms with Gasteiger partial charge in [-0.25, -0.2) is 13.2 Å². The standard InChI is InChI=1S/C11H9F3N2O/c1-2-16(4-3-15)11(17)10-8(13)5-7(12)6-9(10)14/h5-6H,2,4H2,1H3. The molecule has 0 spiro atoms. The van der Waals surface area contributed by atoms with E-state index in [0.717, 1.165) is 4.90 Å². The summed E-state index contributed by atoms with van der Waals surface area (Å²) < 4.78 is 39.2. The average Bonchev–Trinajstić information content (AvgIpc) is 2.24. The highest BCUT2D eigenvalue weighted by molar-refractivity contribution is 5.94. The van der Waals surface area contributed by atoms with Gasteiger partial charge < -0.3 is 4.90 Å². The van der Waals surface area contributed by atoms with Gasteiger partial charge in [0.2, 0.25) is 0 Å². The van der Waals surface area contributed by atoms with Crippen molar-refractivity contribution in [2.24, 2.45) is 0 Å². The summed E-state index contributed by atoms with van der Waals surface area (Å²) in [6.45, 7) is 1.41. The van der Waals surface area contributed by atoms with Crippen molar-refractivity contribution in [2.45, 2.75) is 6.92 Å². The highest BCUT2D eigenvalue weighted by Gasteiger charge is 2.23. The lowest BCUT2D eigenvalue weighted by Gasteiger charge is -2.17. The van der Waals surface area contributed by atoms with E-state index in [-0.39, 0.29) is 13.1 Å². The molecule has 90 valence electrons. The van der Waals surface area contributed by atoms with Crippen molar-refractivity contribution in [1.82, 2.24) is 4.90 Å². The zero-order valence-corrected chi connectivity index (χ0v) is 9.01. The van der Waals surface area contributed by atoms with Crippen LogP contribution < -0.4 is 0 Å². The fraction of sp³-hybridized carbons (Fsp3) is 0.273. The highest BCUT2D eigenvalue weighted by Crippen LogP contribution is 2.16. The Morgan fingerprint density at radius 1 is 1.35 bits per heavy atom. The Hall–Kier alpha value is -2.03. The van der Waals surface area contributed by atoms with Crippen molar-refractivity contribution in [1.29, 1.82) is 5.26 Å². The molecule has 0 unspecified atom stereocenters. The van der Waals surface area contributed by atoms with Gasteiger partial charge in [0.15, 0.2) is 0 Å². The van der Waals surface area contributed by atoms with Crippen LogP contribution in [0.15, 0.2) is 12.1 Å². The summed E-state index contributed by atoms with van der Waals surface area (Å²) in [5.74, 6) is -4.61. The van der Waals surface area contributed by atoms with E-state index in [2.05, 4.69) is 0 Å². The molecule has 6 heteroatoms. The molecule has 1 rings (SSSR count). The third-order valence-electron chi connectivity index (χ3n) is 2.15. The second-order valence-electron chi connectivity index (χ2n) is 3.22. The second-order valence-corrected chi connectivity index (χ2v) is 3.22. The van der Waals surface area contributed by atoms with E-state index in [0.29, 0.717) is 12.1 Å². The van der Waals surface area contributed by atoms with Gasteiger partial charge in [0.1, 0.15) is 29.6 Å². The molecule has 0 fully saturated rings. The van der Waals surface area contributed by atoms with Gasteiger partial charge in [0, 0.05) is 18.7 Å². The number of carbonyl (C=O) groups is 1. The molecule has 1 aromatic carbocycles. The fourth-order valence-corrected chi connectivity index (χ4v) is 1.32. The van der Waals surface area contributed by atoms with Gasteiger partial charge in [-0.15, -0.1) is 0 Å². The third-order valence-corrected chi connectivity index (χ3v) is 2.15. The lowest BCUT2D eigenvalue weighted by atomic mass is 10.1. The molecule has 0 aliphatic heterocycles. The van der Waals surface area contributed by atoms with Gasteiger partial charge in [-0.1, -0.05) is 0 Å². The van der Waals surface area contributed by atoms with Crippen LogP contribution in [0.25, 0.3) is 0 Å². The monoisotopic (exact) mass is 242 g/mol. The minimum Gasteiger partial charge on any atom is -0.325 e. The fourth-order valence-electron chi connectivity index (χ4n) is 1.32. The van der Waals surface area contributed by atoms with Gasteiger partial charge >= 0.3 is 0 Å². The van der Waals surface area contributed by atoms with Crippen LogP contribution in [0.4, 0.5) is 13.2 Å². The number of hydrogen-bond donors (Lipinski definition) is 0. The van der Waals surface area contributed by atoms with Crippen LogP contribution in [0.5, 0.6) is 0 Å². The van der Waals surface area contributed by atoms with E-state index in [1.165, 1.54) is 0 Å². The molecule has 0 aliphatic rings. The van der Waals surface area contributed by atoms with Crippen LogP contribution >= 0.6 is 0 Å². The van der Waals surface area contributed by atoms with Crippen LogP contribution in [0.1, 0.15) is 17.3 Å². The van der Waals surface area contributed by atoms with Gasteiger partial charge in [0.05, 0.1) is 6.07 Å². The Balaban J connectivity index is 3.16. The first-order valence-corrected chi connectivity index (χ1v) is 4.82. The minimum absolute atomic E-state index is 0.128. The first-order valence-electron chi connectivity index (χ1n) is 4.82. The van der Waals surface area contributed by atoms with E-state index < -0.39 is 28.9 Å². The molecule has 0 N–H and O–H groups in total.